The highest BCUT2D eigenvalue weighted by Gasteiger charge is 2.52. The predicted molar refractivity (Wildman–Crippen MR) is 114 cm³/mol. The van der Waals surface area contributed by atoms with Crippen molar-refractivity contribution in [3.8, 4) is 11.5 Å². The summed E-state index contributed by atoms with van der Waals surface area (Å²) in [6.45, 7) is 0. The van der Waals surface area contributed by atoms with Gasteiger partial charge in [-0.25, -0.2) is 0 Å². The van der Waals surface area contributed by atoms with E-state index in [-0.39, 0.29) is 26.2 Å². The number of hydrogen-bond donors (Lipinski definition) is 3. The first kappa shape index (κ1) is 22.0. The molecule has 3 aromatic carbocycles. The molecule has 0 radical (unpaired) electrons. The molecule has 29 heavy (non-hydrogen) atoms. The lowest BCUT2D eigenvalue weighted by molar-refractivity contribution is 0.435. The number of benzene rings is 3. The summed E-state index contributed by atoms with van der Waals surface area (Å²) in [5.74, 6) is -1.14. The lowest BCUT2D eigenvalue weighted by Gasteiger charge is -2.34. The molecule has 0 saturated carbocycles. The predicted octanol–water partition coefficient (Wildman–Crippen LogP) is 5.89. The summed E-state index contributed by atoms with van der Waals surface area (Å²) in [5, 5.41) is 20.4. The zero-order valence-electron chi connectivity index (χ0n) is 14.3. The second-order valence-corrected chi connectivity index (χ2v) is 9.30. The Labute approximate surface area is 186 Å². The Hall–Kier alpha value is -1.67. The lowest BCUT2D eigenvalue weighted by atomic mass is 9.83. The molecular weight excluding hydrogens is 482 g/mol. The van der Waals surface area contributed by atoms with Gasteiger partial charge in [0.2, 0.25) is 0 Å². The van der Waals surface area contributed by atoms with Crippen molar-refractivity contribution in [3.05, 3.63) is 91.4 Å². The Bertz CT molecular complexity index is 1180. The molecule has 0 spiro atoms. The molecule has 0 fully saturated rings. The average Bonchev–Trinajstić information content (AvgIpc) is 2.61. The van der Waals surface area contributed by atoms with Gasteiger partial charge in [-0.1, -0.05) is 64.6 Å². The van der Waals surface area contributed by atoms with E-state index in [1.807, 2.05) is 0 Å². The summed E-state index contributed by atoms with van der Waals surface area (Å²) in [6, 6.07) is 11.7. The third-order valence-electron chi connectivity index (χ3n) is 4.38. The topological polar surface area (TPSA) is 94.8 Å². The first-order valence-corrected chi connectivity index (χ1v) is 10.8. The Morgan fingerprint density at radius 3 is 1.86 bits per heavy atom. The average molecular weight is 494 g/mol. The highest BCUT2D eigenvalue weighted by Crippen LogP contribution is 2.53. The molecule has 3 aromatic rings. The maximum absolute atomic E-state index is 13.0. The van der Waals surface area contributed by atoms with E-state index in [0.717, 1.165) is 12.1 Å². The summed E-state index contributed by atoms with van der Waals surface area (Å²) in [4.78, 5) is 0. The molecule has 10 heteroatoms. The van der Waals surface area contributed by atoms with Crippen LogP contribution in [0.5, 0.6) is 11.5 Å². The fourth-order valence-corrected chi connectivity index (χ4v) is 5.70. The highest BCUT2D eigenvalue weighted by atomic mass is 35.5. The number of phenolic OH excluding ortho intramolecular Hbond substituents is 2. The summed E-state index contributed by atoms with van der Waals surface area (Å²) < 4.78 is 33.9. The normalized spacial score (nSPS) is 13.8. The standard InChI is InChI=1S/C19H12Cl4O5S/c20-11-6-4-10(5-7-11)19(29(26,27)28,17-14(21)2-1-3-15(17)22)13-8-12(24)9-16(23)18(13)25/h1-9,24-25H,(H,26,27,28). The molecule has 5 nitrogen and oxygen atoms in total. The largest absolute Gasteiger partial charge is 0.508 e. The minimum Gasteiger partial charge on any atom is -0.508 e. The molecule has 0 aliphatic rings. The third-order valence-corrected chi connectivity index (χ3v) is 6.98. The molecule has 152 valence electrons. The van der Waals surface area contributed by atoms with Crippen LogP contribution in [0.1, 0.15) is 16.7 Å². The van der Waals surface area contributed by atoms with Crippen LogP contribution in [0.3, 0.4) is 0 Å². The molecule has 0 bridgehead atoms. The zero-order chi connectivity index (χ0) is 21.6. The van der Waals surface area contributed by atoms with Crippen molar-refractivity contribution in [2.75, 3.05) is 0 Å². The van der Waals surface area contributed by atoms with Crippen molar-refractivity contribution in [2.24, 2.45) is 0 Å². The molecule has 0 aromatic heterocycles. The summed E-state index contributed by atoms with van der Waals surface area (Å²) >= 11 is 24.6. The molecule has 1 atom stereocenters. The number of phenols is 2. The van der Waals surface area contributed by atoms with Crippen LogP contribution in [-0.4, -0.2) is 23.2 Å². The van der Waals surface area contributed by atoms with E-state index < -0.39 is 31.9 Å². The number of halogens is 4. The second kappa shape index (κ2) is 7.87. The molecule has 0 saturated heterocycles. The van der Waals surface area contributed by atoms with Crippen molar-refractivity contribution in [1.82, 2.24) is 0 Å². The van der Waals surface area contributed by atoms with Crippen LogP contribution >= 0.6 is 46.4 Å². The van der Waals surface area contributed by atoms with Gasteiger partial charge in [0.25, 0.3) is 10.1 Å². The first-order chi connectivity index (χ1) is 13.5. The van der Waals surface area contributed by atoms with E-state index in [9.17, 15) is 23.2 Å². The first-order valence-electron chi connectivity index (χ1n) is 7.89. The monoisotopic (exact) mass is 492 g/mol. The quantitative estimate of drug-likeness (QED) is 0.239. The molecule has 3 rings (SSSR count). The lowest BCUT2D eigenvalue weighted by Crippen LogP contribution is -2.39. The molecule has 0 aliphatic carbocycles. The van der Waals surface area contributed by atoms with Crippen LogP contribution in [0.25, 0.3) is 0 Å². The maximum atomic E-state index is 13.0. The fourth-order valence-electron chi connectivity index (χ4n) is 3.22. The highest BCUT2D eigenvalue weighted by molar-refractivity contribution is 7.87. The third kappa shape index (κ3) is 3.65. The Balaban J connectivity index is 2.65. The molecule has 0 heterocycles. The Morgan fingerprint density at radius 2 is 1.34 bits per heavy atom. The number of hydrogen-bond acceptors (Lipinski definition) is 4. The SMILES string of the molecule is O=S(=O)(O)C(c1ccc(Cl)cc1)(c1cc(O)cc(Cl)c1O)c1c(Cl)cccc1Cl. The number of aromatic hydroxyl groups is 2. The summed E-state index contributed by atoms with van der Waals surface area (Å²) in [5.41, 5.74) is -0.719. The van der Waals surface area contributed by atoms with Crippen molar-refractivity contribution in [1.29, 1.82) is 0 Å². The fraction of sp³-hybridized carbons (Fsp3) is 0.0526. The van der Waals surface area contributed by atoms with Crippen molar-refractivity contribution in [3.63, 3.8) is 0 Å². The zero-order valence-corrected chi connectivity index (χ0v) is 18.1. The van der Waals surface area contributed by atoms with Crippen molar-refractivity contribution < 1.29 is 23.2 Å². The van der Waals surface area contributed by atoms with Crippen LogP contribution in [-0.2, 0) is 14.9 Å². The van der Waals surface area contributed by atoms with Gasteiger partial charge >= 0.3 is 0 Å². The second-order valence-electron chi connectivity index (χ2n) is 6.08. The smallest absolute Gasteiger partial charge is 0.283 e. The van der Waals surface area contributed by atoms with Gasteiger partial charge in [0, 0.05) is 32.3 Å². The van der Waals surface area contributed by atoms with E-state index in [2.05, 4.69) is 0 Å². The van der Waals surface area contributed by atoms with Crippen LogP contribution in [0, 0.1) is 0 Å². The Morgan fingerprint density at radius 1 is 0.793 bits per heavy atom. The maximum Gasteiger partial charge on any atom is 0.283 e. The van der Waals surface area contributed by atoms with E-state index in [1.54, 1.807) is 0 Å². The van der Waals surface area contributed by atoms with E-state index in [0.29, 0.717) is 5.02 Å². The van der Waals surface area contributed by atoms with Crippen molar-refractivity contribution >= 4 is 56.5 Å². The summed E-state index contributed by atoms with van der Waals surface area (Å²) in [6.07, 6.45) is 0. The van der Waals surface area contributed by atoms with Gasteiger partial charge in [0.05, 0.1) is 5.02 Å². The van der Waals surface area contributed by atoms with Gasteiger partial charge < -0.3 is 10.2 Å². The van der Waals surface area contributed by atoms with E-state index >= 15 is 0 Å². The molecule has 1 unspecified atom stereocenters. The van der Waals surface area contributed by atoms with Gasteiger partial charge in [0.1, 0.15) is 11.5 Å². The van der Waals surface area contributed by atoms with Crippen LogP contribution < -0.4 is 0 Å². The van der Waals surface area contributed by atoms with Crippen LogP contribution in [0.15, 0.2) is 54.6 Å². The van der Waals surface area contributed by atoms with Crippen molar-refractivity contribution in [2.45, 2.75) is 4.75 Å². The van der Waals surface area contributed by atoms with Gasteiger partial charge in [0.15, 0.2) is 4.75 Å². The molecular formula is C19H12Cl4O5S. The van der Waals surface area contributed by atoms with Gasteiger partial charge in [-0.15, -0.1) is 0 Å². The Kier molecular flexibility index (Phi) is 5.98. The summed E-state index contributed by atoms with van der Waals surface area (Å²) in [7, 11) is -5.14. The number of rotatable bonds is 4. The van der Waals surface area contributed by atoms with E-state index in [4.69, 9.17) is 46.4 Å². The van der Waals surface area contributed by atoms with Gasteiger partial charge in [-0.05, 0) is 35.9 Å². The minimum absolute atomic E-state index is 0.0450. The van der Waals surface area contributed by atoms with Gasteiger partial charge in [-0.3, -0.25) is 4.55 Å². The van der Waals surface area contributed by atoms with Crippen LogP contribution in [0.2, 0.25) is 20.1 Å². The van der Waals surface area contributed by atoms with Crippen LogP contribution in [0.4, 0.5) is 0 Å². The molecule has 0 amide bonds. The van der Waals surface area contributed by atoms with Gasteiger partial charge in [-0.2, -0.15) is 8.42 Å². The minimum atomic E-state index is -5.14. The van der Waals surface area contributed by atoms with E-state index in [1.165, 1.54) is 42.5 Å². The molecule has 0 aliphatic heterocycles. The molecule has 3 N–H and O–H groups in total.